The standard InChI is InChI=1S/C27H33F3O5S/c1-13-7-16(13)22(33)35-27(23(34)36-12-28)14(2)8-17-18-10-20(29)19-9-15(31)5-6-24(19,3)26(18,30)21(32)11-25(17,27)4/h5-6,9,13-14,16-18,20-21,32H,7-8,10-12H2,1-4H3/t13?,14-,16?,17+,18+,20+,21+,24+,25+,26?,27+/m1/s1. The van der Waals surface area contributed by atoms with Crippen LogP contribution in [0, 0.1) is 40.4 Å². The zero-order chi connectivity index (χ0) is 26.4. The minimum absolute atomic E-state index is 0.0203. The van der Waals surface area contributed by atoms with Crippen molar-refractivity contribution < 1.29 is 37.4 Å². The second-order valence-electron chi connectivity index (χ2n) is 12.0. The molecule has 0 heterocycles. The molecule has 1 N–H and O–H groups in total. The van der Waals surface area contributed by atoms with Crippen LogP contribution in [0.4, 0.5) is 13.2 Å². The van der Waals surface area contributed by atoms with Gasteiger partial charge in [-0.15, -0.1) is 0 Å². The summed E-state index contributed by atoms with van der Waals surface area (Å²) in [5, 5.41) is 10.8. The predicted molar refractivity (Wildman–Crippen MR) is 128 cm³/mol. The van der Waals surface area contributed by atoms with Crippen molar-refractivity contribution in [2.75, 3.05) is 6.01 Å². The molecule has 5 aliphatic rings. The molecule has 0 aromatic rings. The number of carbonyl (C=O) groups excluding carboxylic acids is 3. The minimum atomic E-state index is -2.30. The van der Waals surface area contributed by atoms with Crippen molar-refractivity contribution in [3.05, 3.63) is 23.8 Å². The number of thioether (sulfide) groups is 1. The second kappa shape index (κ2) is 8.19. The average molecular weight is 527 g/mol. The summed E-state index contributed by atoms with van der Waals surface area (Å²) in [5.74, 6) is -3.40. The van der Waals surface area contributed by atoms with Gasteiger partial charge < -0.3 is 9.84 Å². The Morgan fingerprint density at radius 2 is 1.86 bits per heavy atom. The molecule has 3 unspecified atom stereocenters. The second-order valence-corrected chi connectivity index (χ2v) is 12.9. The first-order valence-corrected chi connectivity index (χ1v) is 13.7. The summed E-state index contributed by atoms with van der Waals surface area (Å²) in [6.07, 6.45) is 0.869. The van der Waals surface area contributed by atoms with Gasteiger partial charge in [0.2, 0.25) is 5.12 Å². The van der Waals surface area contributed by atoms with Crippen LogP contribution in [0.15, 0.2) is 23.8 Å². The highest BCUT2D eigenvalue weighted by Crippen LogP contribution is 2.72. The molecule has 198 valence electrons. The Morgan fingerprint density at radius 3 is 2.47 bits per heavy atom. The van der Waals surface area contributed by atoms with Gasteiger partial charge in [0.05, 0.1) is 12.0 Å². The van der Waals surface area contributed by atoms with Crippen LogP contribution < -0.4 is 0 Å². The van der Waals surface area contributed by atoms with E-state index in [2.05, 4.69) is 0 Å². The third-order valence-corrected chi connectivity index (χ3v) is 11.0. The molecule has 0 amide bonds. The first-order chi connectivity index (χ1) is 16.8. The van der Waals surface area contributed by atoms with Crippen LogP contribution in [0.25, 0.3) is 0 Å². The van der Waals surface area contributed by atoms with Gasteiger partial charge in [0.15, 0.2) is 17.1 Å². The number of ketones is 1. The SMILES string of the molecule is CC1CC1C(=O)O[C@]1(C(=O)SCF)[C@H](C)C[C@H]2[C@@H]3C[C@H](F)C4=CC(=O)C=C[C@]4(C)C3(F)[C@@H](O)C[C@@]21C. The van der Waals surface area contributed by atoms with E-state index in [1.165, 1.54) is 19.1 Å². The number of allylic oxidation sites excluding steroid dienone is 4. The zero-order valence-electron chi connectivity index (χ0n) is 20.9. The minimum Gasteiger partial charge on any atom is -0.449 e. The molecule has 0 bridgehead atoms. The molecule has 0 spiro atoms. The summed E-state index contributed by atoms with van der Waals surface area (Å²) >= 11 is 0.418. The van der Waals surface area contributed by atoms with Crippen molar-refractivity contribution in [3.63, 3.8) is 0 Å². The molecule has 0 radical (unpaired) electrons. The van der Waals surface area contributed by atoms with Crippen LogP contribution >= 0.6 is 11.8 Å². The van der Waals surface area contributed by atoms with E-state index in [9.17, 15) is 23.9 Å². The van der Waals surface area contributed by atoms with Crippen LogP contribution in [0.5, 0.6) is 0 Å². The topological polar surface area (TPSA) is 80.7 Å². The molecule has 0 saturated heterocycles. The average Bonchev–Trinajstić information content (AvgIpc) is 3.50. The monoisotopic (exact) mass is 526 g/mol. The maximum atomic E-state index is 17.3. The quantitative estimate of drug-likeness (QED) is 0.536. The molecule has 9 heteroatoms. The number of esters is 1. The molecule has 0 aliphatic heterocycles. The molecule has 0 aromatic heterocycles. The summed E-state index contributed by atoms with van der Waals surface area (Å²) in [7, 11) is 0. The Bertz CT molecular complexity index is 1080. The van der Waals surface area contributed by atoms with Crippen LogP contribution in [0.2, 0.25) is 0 Å². The predicted octanol–water partition coefficient (Wildman–Crippen LogP) is 4.68. The summed E-state index contributed by atoms with van der Waals surface area (Å²) in [6, 6.07) is -1.01. The highest BCUT2D eigenvalue weighted by Gasteiger charge is 2.78. The van der Waals surface area contributed by atoms with Gasteiger partial charge in [0.25, 0.3) is 0 Å². The number of rotatable bonds is 4. The largest absolute Gasteiger partial charge is 0.449 e. The van der Waals surface area contributed by atoms with Gasteiger partial charge in [0, 0.05) is 22.7 Å². The van der Waals surface area contributed by atoms with Crippen LogP contribution in [0.1, 0.15) is 53.4 Å². The molecular formula is C27H33F3O5S. The first-order valence-electron chi connectivity index (χ1n) is 12.7. The van der Waals surface area contributed by atoms with Crippen molar-refractivity contribution in [3.8, 4) is 0 Å². The van der Waals surface area contributed by atoms with E-state index in [1.54, 1.807) is 13.8 Å². The fraction of sp³-hybridized carbons (Fsp3) is 0.741. The van der Waals surface area contributed by atoms with E-state index >= 15 is 8.78 Å². The maximum absolute atomic E-state index is 17.3. The summed E-state index contributed by atoms with van der Waals surface area (Å²) in [4.78, 5) is 38.7. The van der Waals surface area contributed by atoms with Gasteiger partial charge >= 0.3 is 5.97 Å². The lowest BCUT2D eigenvalue weighted by molar-refractivity contribution is -0.229. The van der Waals surface area contributed by atoms with Crippen LogP contribution in [0.3, 0.4) is 0 Å². The Balaban J connectivity index is 1.62. The third-order valence-electron chi connectivity index (χ3n) is 10.3. The maximum Gasteiger partial charge on any atom is 0.310 e. The van der Waals surface area contributed by atoms with Gasteiger partial charge in [0.1, 0.15) is 12.2 Å². The fourth-order valence-electron chi connectivity index (χ4n) is 8.26. The lowest BCUT2D eigenvalue weighted by Crippen LogP contribution is -2.70. The molecule has 5 aliphatic carbocycles. The van der Waals surface area contributed by atoms with Gasteiger partial charge in [-0.3, -0.25) is 14.4 Å². The number of hydrogen-bond donors (Lipinski definition) is 1. The number of carbonyl (C=O) groups is 3. The number of ether oxygens (including phenoxy) is 1. The van der Waals surface area contributed by atoms with E-state index in [1.807, 2.05) is 6.92 Å². The Morgan fingerprint density at radius 1 is 1.19 bits per heavy atom. The first kappa shape index (κ1) is 26.0. The summed E-state index contributed by atoms with van der Waals surface area (Å²) < 4.78 is 52.4. The van der Waals surface area contributed by atoms with Gasteiger partial charge in [-0.25, -0.2) is 13.2 Å². The number of halogens is 3. The lowest BCUT2D eigenvalue weighted by atomic mass is 9.44. The summed E-state index contributed by atoms with van der Waals surface area (Å²) in [5.41, 5.74) is -6.82. The van der Waals surface area contributed by atoms with Crippen LogP contribution in [-0.2, 0) is 19.1 Å². The fourth-order valence-corrected chi connectivity index (χ4v) is 9.05. The van der Waals surface area contributed by atoms with Gasteiger partial charge in [-0.1, -0.05) is 26.8 Å². The van der Waals surface area contributed by atoms with Crippen molar-refractivity contribution in [1.82, 2.24) is 0 Å². The van der Waals surface area contributed by atoms with Gasteiger partial charge in [-0.05, 0) is 73.9 Å². The van der Waals surface area contributed by atoms with Gasteiger partial charge in [-0.2, -0.15) is 0 Å². The molecule has 5 nitrogen and oxygen atoms in total. The van der Waals surface area contributed by atoms with Crippen molar-refractivity contribution in [1.29, 1.82) is 0 Å². The molecule has 11 atom stereocenters. The molecule has 0 aromatic carbocycles. The van der Waals surface area contributed by atoms with E-state index < -0.39 is 75.0 Å². The van der Waals surface area contributed by atoms with E-state index in [-0.39, 0.29) is 36.7 Å². The van der Waals surface area contributed by atoms with E-state index in [0.29, 0.717) is 18.2 Å². The molecular weight excluding hydrogens is 493 g/mol. The number of aliphatic hydroxyl groups excluding tert-OH is 1. The normalized spacial score (nSPS) is 51.1. The van der Waals surface area contributed by atoms with E-state index in [4.69, 9.17) is 4.74 Å². The Labute approximate surface area is 213 Å². The number of aliphatic hydroxyl groups is 1. The smallest absolute Gasteiger partial charge is 0.310 e. The zero-order valence-corrected chi connectivity index (χ0v) is 21.7. The highest BCUT2D eigenvalue weighted by molar-refractivity contribution is 8.13. The molecule has 4 fully saturated rings. The highest BCUT2D eigenvalue weighted by atomic mass is 32.2. The van der Waals surface area contributed by atoms with E-state index in [0.717, 1.165) is 6.08 Å². The van der Waals surface area contributed by atoms with Crippen molar-refractivity contribution in [2.24, 2.45) is 40.4 Å². The molecule has 5 rings (SSSR count). The Hall–Kier alpha value is -1.61. The molecule has 4 saturated carbocycles. The third kappa shape index (κ3) is 3.10. The Kier molecular flexibility index (Phi) is 5.92. The number of hydrogen-bond acceptors (Lipinski definition) is 6. The van der Waals surface area contributed by atoms with Crippen LogP contribution in [-0.4, -0.2) is 51.5 Å². The number of alkyl halides is 3. The van der Waals surface area contributed by atoms with Crippen molar-refractivity contribution in [2.45, 2.75) is 76.9 Å². The van der Waals surface area contributed by atoms with Crippen molar-refractivity contribution >= 4 is 28.6 Å². The summed E-state index contributed by atoms with van der Waals surface area (Å²) in [6.45, 7) is 6.85. The number of fused-ring (bicyclic) bond motifs is 5. The lowest BCUT2D eigenvalue weighted by Gasteiger charge is -2.63. The molecule has 36 heavy (non-hydrogen) atoms.